The van der Waals surface area contributed by atoms with Crippen LogP contribution in [0.1, 0.15) is 32.6 Å². The molecule has 6 nitrogen and oxygen atoms in total. The molecule has 0 fully saturated rings. The number of hydrogen-bond acceptors (Lipinski definition) is 6. The van der Waals surface area contributed by atoms with Crippen LogP contribution in [0.4, 0.5) is 10.7 Å². The van der Waals surface area contributed by atoms with Gasteiger partial charge in [-0.25, -0.2) is 9.78 Å². The Morgan fingerprint density at radius 1 is 1.48 bits per heavy atom. The summed E-state index contributed by atoms with van der Waals surface area (Å²) in [6.45, 7) is 3.84. The predicted octanol–water partition coefficient (Wildman–Crippen LogP) is 2.46. The van der Waals surface area contributed by atoms with Gasteiger partial charge in [0.2, 0.25) is 0 Å². The number of anilines is 2. The number of amides is 1. The molecule has 0 aromatic carbocycles. The monoisotopic (exact) mass is 305 g/mol. The number of thiophene rings is 1. The van der Waals surface area contributed by atoms with Gasteiger partial charge in [-0.2, -0.15) is 0 Å². The summed E-state index contributed by atoms with van der Waals surface area (Å²) in [6.07, 6.45) is 1.48. The van der Waals surface area contributed by atoms with E-state index in [9.17, 15) is 9.59 Å². The first-order chi connectivity index (χ1) is 10.0. The van der Waals surface area contributed by atoms with E-state index in [0.29, 0.717) is 10.6 Å². The van der Waals surface area contributed by atoms with Crippen LogP contribution in [-0.2, 0) is 4.74 Å². The van der Waals surface area contributed by atoms with Gasteiger partial charge >= 0.3 is 5.97 Å². The summed E-state index contributed by atoms with van der Waals surface area (Å²) in [7, 11) is 0. The van der Waals surface area contributed by atoms with Gasteiger partial charge in [0.1, 0.15) is 5.00 Å². The van der Waals surface area contributed by atoms with E-state index in [1.54, 1.807) is 25.1 Å². The molecule has 110 valence electrons. The highest BCUT2D eigenvalue weighted by Gasteiger charge is 2.19. The van der Waals surface area contributed by atoms with Crippen molar-refractivity contribution in [3.63, 3.8) is 0 Å². The number of carbonyl (C=O) groups excluding carboxylic acids is 2. The molecule has 2 aromatic rings. The lowest BCUT2D eigenvalue weighted by molar-refractivity contribution is 0.0528. The molecule has 2 heterocycles. The van der Waals surface area contributed by atoms with Crippen LogP contribution in [0.25, 0.3) is 0 Å². The van der Waals surface area contributed by atoms with Gasteiger partial charge in [0.25, 0.3) is 5.91 Å². The Labute approximate surface area is 125 Å². The molecule has 0 radical (unpaired) electrons. The summed E-state index contributed by atoms with van der Waals surface area (Å²) in [6, 6.07) is 4.92. The Morgan fingerprint density at radius 3 is 2.90 bits per heavy atom. The first kappa shape index (κ1) is 15.0. The number of ether oxygens (including phenoxy) is 1. The van der Waals surface area contributed by atoms with E-state index in [1.807, 2.05) is 6.92 Å². The van der Waals surface area contributed by atoms with Crippen molar-refractivity contribution < 1.29 is 14.3 Å². The summed E-state index contributed by atoms with van der Waals surface area (Å²) < 4.78 is 4.97. The molecule has 0 atom stereocenters. The number of nitrogens with zero attached hydrogens (tertiary/aromatic N) is 1. The van der Waals surface area contributed by atoms with Crippen LogP contribution in [0, 0.1) is 6.92 Å². The maximum Gasteiger partial charge on any atom is 0.341 e. The lowest BCUT2D eigenvalue weighted by atomic mass is 10.2. The van der Waals surface area contributed by atoms with Crippen molar-refractivity contribution in [2.45, 2.75) is 13.8 Å². The number of rotatable bonds is 4. The minimum absolute atomic E-state index is 0.123. The number of nitrogens with one attached hydrogen (secondary N) is 1. The van der Waals surface area contributed by atoms with E-state index in [0.717, 1.165) is 4.88 Å². The number of nitrogens with two attached hydrogens (primary N) is 1. The first-order valence-electron chi connectivity index (χ1n) is 6.32. The maximum atomic E-state index is 12.2. The Bertz CT molecular complexity index is 682. The molecule has 7 heteroatoms. The zero-order valence-electron chi connectivity index (χ0n) is 11.7. The normalized spacial score (nSPS) is 10.2. The molecule has 2 aromatic heterocycles. The van der Waals surface area contributed by atoms with Gasteiger partial charge in [0.05, 0.1) is 17.9 Å². The molecule has 0 saturated heterocycles. The van der Waals surface area contributed by atoms with Gasteiger partial charge in [-0.15, -0.1) is 11.3 Å². The minimum Gasteiger partial charge on any atom is -0.462 e. The van der Waals surface area contributed by atoms with Crippen molar-refractivity contribution in [1.82, 2.24) is 4.98 Å². The van der Waals surface area contributed by atoms with Crippen molar-refractivity contribution >= 4 is 33.9 Å². The molecule has 1 amide bonds. The quantitative estimate of drug-likeness (QED) is 0.846. The predicted molar refractivity (Wildman–Crippen MR) is 81.6 cm³/mol. The van der Waals surface area contributed by atoms with Crippen molar-refractivity contribution in [3.05, 3.63) is 40.5 Å². The average Bonchev–Trinajstić information content (AvgIpc) is 2.80. The lowest BCUT2D eigenvalue weighted by Crippen LogP contribution is -2.17. The molecule has 0 aliphatic rings. The summed E-state index contributed by atoms with van der Waals surface area (Å²) in [5, 5.41) is 3.10. The van der Waals surface area contributed by atoms with Crippen LogP contribution < -0.4 is 11.1 Å². The Kier molecular flexibility index (Phi) is 4.54. The molecule has 0 bridgehead atoms. The number of aromatic nitrogens is 1. The molecule has 0 spiro atoms. The summed E-state index contributed by atoms with van der Waals surface area (Å²) in [5.41, 5.74) is 6.45. The Morgan fingerprint density at radius 2 is 2.24 bits per heavy atom. The average molecular weight is 305 g/mol. The molecule has 0 aliphatic heterocycles. The van der Waals surface area contributed by atoms with E-state index in [4.69, 9.17) is 10.5 Å². The van der Waals surface area contributed by atoms with Gasteiger partial charge in [0.15, 0.2) is 5.69 Å². The van der Waals surface area contributed by atoms with Crippen molar-refractivity contribution in [1.29, 1.82) is 0 Å². The SMILES string of the molecule is CCOC(=O)c1cc(C)sc1NC(=O)c1ncccc1N. The summed E-state index contributed by atoms with van der Waals surface area (Å²) in [4.78, 5) is 28.9. The molecular weight excluding hydrogens is 290 g/mol. The van der Waals surface area contributed by atoms with Crippen molar-refractivity contribution in [3.8, 4) is 0 Å². The van der Waals surface area contributed by atoms with Crippen LogP contribution in [0.2, 0.25) is 0 Å². The highest BCUT2D eigenvalue weighted by Crippen LogP contribution is 2.29. The van der Waals surface area contributed by atoms with E-state index in [-0.39, 0.29) is 18.0 Å². The van der Waals surface area contributed by atoms with Crippen LogP contribution >= 0.6 is 11.3 Å². The third-order valence-electron chi connectivity index (χ3n) is 2.63. The van der Waals surface area contributed by atoms with Gasteiger partial charge in [0, 0.05) is 11.1 Å². The minimum atomic E-state index is -0.467. The van der Waals surface area contributed by atoms with E-state index >= 15 is 0 Å². The van der Waals surface area contributed by atoms with E-state index in [1.165, 1.54) is 17.5 Å². The van der Waals surface area contributed by atoms with Gasteiger partial charge in [-0.1, -0.05) is 0 Å². The van der Waals surface area contributed by atoms with Crippen LogP contribution in [0.15, 0.2) is 24.4 Å². The second-order valence-corrected chi connectivity index (χ2v) is 5.47. The maximum absolute atomic E-state index is 12.2. The zero-order valence-corrected chi connectivity index (χ0v) is 12.5. The van der Waals surface area contributed by atoms with Crippen LogP contribution in [-0.4, -0.2) is 23.5 Å². The second kappa shape index (κ2) is 6.36. The fourth-order valence-electron chi connectivity index (χ4n) is 1.74. The van der Waals surface area contributed by atoms with E-state index in [2.05, 4.69) is 10.3 Å². The number of carbonyl (C=O) groups is 2. The van der Waals surface area contributed by atoms with E-state index < -0.39 is 11.9 Å². The van der Waals surface area contributed by atoms with Crippen molar-refractivity contribution in [2.75, 3.05) is 17.7 Å². The number of esters is 1. The smallest absolute Gasteiger partial charge is 0.341 e. The third kappa shape index (κ3) is 3.38. The number of nitrogen functional groups attached to an aromatic ring is 1. The lowest BCUT2D eigenvalue weighted by Gasteiger charge is -2.07. The fourth-order valence-corrected chi connectivity index (χ4v) is 2.63. The largest absolute Gasteiger partial charge is 0.462 e. The summed E-state index contributed by atoms with van der Waals surface area (Å²) >= 11 is 1.30. The molecule has 0 aliphatic carbocycles. The van der Waals surface area contributed by atoms with Gasteiger partial charge in [-0.05, 0) is 32.0 Å². The number of hydrogen-bond donors (Lipinski definition) is 2. The van der Waals surface area contributed by atoms with Crippen molar-refractivity contribution in [2.24, 2.45) is 0 Å². The fraction of sp³-hybridized carbons (Fsp3) is 0.214. The Balaban J connectivity index is 2.26. The summed E-state index contributed by atoms with van der Waals surface area (Å²) in [5.74, 6) is -0.924. The molecule has 0 unspecified atom stereocenters. The first-order valence-corrected chi connectivity index (χ1v) is 7.14. The molecule has 21 heavy (non-hydrogen) atoms. The van der Waals surface area contributed by atoms with Gasteiger partial charge < -0.3 is 15.8 Å². The topological polar surface area (TPSA) is 94.3 Å². The highest BCUT2D eigenvalue weighted by atomic mass is 32.1. The molecule has 0 saturated carbocycles. The Hall–Kier alpha value is -2.41. The van der Waals surface area contributed by atoms with Crippen LogP contribution in [0.5, 0.6) is 0 Å². The highest BCUT2D eigenvalue weighted by molar-refractivity contribution is 7.16. The molecular formula is C14H15N3O3S. The number of aryl methyl sites for hydroxylation is 1. The van der Waals surface area contributed by atoms with Crippen LogP contribution in [0.3, 0.4) is 0 Å². The molecule has 3 N–H and O–H groups in total. The number of pyridine rings is 1. The standard InChI is InChI=1S/C14H15N3O3S/c1-3-20-14(19)9-7-8(2)21-13(9)17-12(18)11-10(15)5-4-6-16-11/h4-7H,3,15H2,1-2H3,(H,17,18). The van der Waals surface area contributed by atoms with Gasteiger partial charge in [-0.3, -0.25) is 4.79 Å². The second-order valence-electron chi connectivity index (χ2n) is 4.22. The third-order valence-corrected chi connectivity index (χ3v) is 3.60. The zero-order chi connectivity index (χ0) is 15.4. The molecule has 2 rings (SSSR count).